The summed E-state index contributed by atoms with van der Waals surface area (Å²) in [7, 11) is -2.90. The first-order valence-electron chi connectivity index (χ1n) is 11.6. The van der Waals surface area contributed by atoms with Gasteiger partial charge in [-0.15, -0.1) is 0 Å². The van der Waals surface area contributed by atoms with Gasteiger partial charge in [-0.25, -0.2) is 14.0 Å². The largest absolute Gasteiger partial charge is 0.494 e. The van der Waals surface area contributed by atoms with Crippen LogP contribution in [0.5, 0.6) is 5.75 Å². The van der Waals surface area contributed by atoms with Crippen molar-refractivity contribution in [1.29, 1.82) is 4.78 Å². The minimum absolute atomic E-state index is 0.227. The molecule has 0 fully saturated rings. The molecule has 1 aromatic heterocycles. The molecule has 0 spiro atoms. The van der Waals surface area contributed by atoms with E-state index in [0.29, 0.717) is 34.1 Å². The van der Waals surface area contributed by atoms with Gasteiger partial charge >= 0.3 is 6.18 Å². The van der Waals surface area contributed by atoms with Crippen LogP contribution in [0.25, 0.3) is 11.1 Å². The maximum absolute atomic E-state index is 12.9. The van der Waals surface area contributed by atoms with Crippen LogP contribution in [0.2, 0.25) is 0 Å². The van der Waals surface area contributed by atoms with Gasteiger partial charge in [0.1, 0.15) is 11.6 Å². The van der Waals surface area contributed by atoms with Crippen molar-refractivity contribution in [2.24, 2.45) is 0 Å². The lowest BCUT2D eigenvalue weighted by molar-refractivity contribution is -0.137. The Morgan fingerprint density at radius 3 is 2.37 bits per heavy atom. The molecule has 4 rings (SSSR count). The lowest BCUT2D eigenvalue weighted by Gasteiger charge is -2.15. The number of ether oxygens (including phenoxy) is 1. The standard InChI is InChI=1S/C27H26F3N5O2S/c1-3-37-22-13-9-19(10-14-22)24-17-33-26(34-21-5-4-6-23(15-21)38(2,31)36)35-25(24)32-16-18-7-11-20(12-8-18)27(28,29)30/h4-15,17,31H,3,16H2,1-2H3,(H2,32,33,34,35). The Hall–Kier alpha value is -4.12. The van der Waals surface area contributed by atoms with Crippen molar-refractivity contribution in [3.8, 4) is 16.9 Å². The predicted molar refractivity (Wildman–Crippen MR) is 142 cm³/mol. The van der Waals surface area contributed by atoms with Gasteiger partial charge in [-0.2, -0.15) is 18.2 Å². The molecule has 38 heavy (non-hydrogen) atoms. The summed E-state index contributed by atoms with van der Waals surface area (Å²) in [6.45, 7) is 2.66. The average molecular weight is 542 g/mol. The summed E-state index contributed by atoms with van der Waals surface area (Å²) in [4.78, 5) is 9.39. The van der Waals surface area contributed by atoms with Gasteiger partial charge < -0.3 is 15.4 Å². The molecule has 11 heteroatoms. The van der Waals surface area contributed by atoms with Crippen molar-refractivity contribution in [2.75, 3.05) is 23.5 Å². The molecule has 1 unspecified atom stereocenters. The van der Waals surface area contributed by atoms with Gasteiger partial charge in [0.15, 0.2) is 0 Å². The van der Waals surface area contributed by atoms with E-state index in [1.165, 1.54) is 18.4 Å². The van der Waals surface area contributed by atoms with Crippen LogP contribution in [0.3, 0.4) is 0 Å². The number of benzene rings is 3. The van der Waals surface area contributed by atoms with Crippen LogP contribution in [-0.2, 0) is 22.5 Å². The lowest BCUT2D eigenvalue weighted by Crippen LogP contribution is -2.08. The van der Waals surface area contributed by atoms with Crippen LogP contribution >= 0.6 is 0 Å². The summed E-state index contributed by atoms with van der Waals surface area (Å²) in [5.74, 6) is 1.43. The number of rotatable bonds is 9. The molecule has 1 heterocycles. The second-order valence-corrected chi connectivity index (χ2v) is 10.6. The number of nitrogens with one attached hydrogen (secondary N) is 3. The van der Waals surface area contributed by atoms with Crippen LogP contribution in [0.15, 0.2) is 83.9 Å². The summed E-state index contributed by atoms with van der Waals surface area (Å²) in [5.41, 5.74) is 1.99. The van der Waals surface area contributed by atoms with Crippen LogP contribution in [0.1, 0.15) is 18.1 Å². The maximum atomic E-state index is 12.9. The quantitative estimate of drug-likeness (QED) is 0.212. The molecule has 0 amide bonds. The van der Waals surface area contributed by atoms with E-state index in [1.807, 2.05) is 31.2 Å². The van der Waals surface area contributed by atoms with Gasteiger partial charge in [0.2, 0.25) is 5.95 Å². The zero-order valence-electron chi connectivity index (χ0n) is 20.7. The summed E-state index contributed by atoms with van der Waals surface area (Å²) in [5, 5.41) is 6.28. The van der Waals surface area contributed by atoms with E-state index in [0.717, 1.165) is 23.4 Å². The molecule has 0 aliphatic carbocycles. The highest BCUT2D eigenvalue weighted by molar-refractivity contribution is 7.91. The van der Waals surface area contributed by atoms with Gasteiger partial charge in [0.05, 0.1) is 21.9 Å². The van der Waals surface area contributed by atoms with E-state index in [1.54, 1.807) is 30.5 Å². The molecule has 0 bridgehead atoms. The van der Waals surface area contributed by atoms with Gasteiger partial charge in [-0.05, 0) is 60.5 Å². The third-order valence-electron chi connectivity index (χ3n) is 5.55. The first-order valence-corrected chi connectivity index (χ1v) is 13.6. The molecule has 0 saturated carbocycles. The smallest absolute Gasteiger partial charge is 0.416 e. The Balaban J connectivity index is 1.63. The molecule has 0 radical (unpaired) electrons. The number of aromatic nitrogens is 2. The maximum Gasteiger partial charge on any atom is 0.416 e. The summed E-state index contributed by atoms with van der Waals surface area (Å²) in [6, 6.07) is 19.0. The van der Waals surface area contributed by atoms with Crippen molar-refractivity contribution in [3.63, 3.8) is 0 Å². The van der Waals surface area contributed by atoms with E-state index in [2.05, 4.69) is 20.6 Å². The van der Waals surface area contributed by atoms with Crippen molar-refractivity contribution in [1.82, 2.24) is 9.97 Å². The Morgan fingerprint density at radius 2 is 1.74 bits per heavy atom. The second-order valence-electron chi connectivity index (χ2n) is 8.46. The summed E-state index contributed by atoms with van der Waals surface area (Å²) < 4.78 is 64.2. The number of nitrogens with zero attached hydrogens (tertiary/aromatic N) is 2. The SMILES string of the molecule is CCOc1ccc(-c2cnc(Nc3cccc(S(C)(=N)=O)c3)nc2NCc2ccc(C(F)(F)F)cc2)cc1. The highest BCUT2D eigenvalue weighted by Gasteiger charge is 2.29. The monoisotopic (exact) mass is 541 g/mol. The average Bonchev–Trinajstić information content (AvgIpc) is 2.88. The van der Waals surface area contributed by atoms with Crippen LogP contribution < -0.4 is 15.4 Å². The lowest BCUT2D eigenvalue weighted by atomic mass is 10.1. The van der Waals surface area contributed by atoms with Crippen LogP contribution in [0, 0.1) is 4.78 Å². The molecule has 0 aliphatic heterocycles. The molecule has 3 aromatic carbocycles. The molecule has 0 saturated heterocycles. The summed E-state index contributed by atoms with van der Waals surface area (Å²) in [6.07, 6.45) is -1.42. The fourth-order valence-electron chi connectivity index (χ4n) is 3.63. The number of hydrogen-bond acceptors (Lipinski definition) is 7. The molecule has 1 atom stereocenters. The molecular formula is C27H26F3N5O2S. The minimum Gasteiger partial charge on any atom is -0.494 e. The van der Waals surface area contributed by atoms with E-state index >= 15 is 0 Å². The zero-order chi connectivity index (χ0) is 27.3. The van der Waals surface area contributed by atoms with E-state index in [4.69, 9.17) is 9.52 Å². The molecule has 0 aliphatic rings. The van der Waals surface area contributed by atoms with Crippen molar-refractivity contribution in [2.45, 2.75) is 24.5 Å². The highest BCUT2D eigenvalue weighted by atomic mass is 32.2. The second kappa shape index (κ2) is 11.1. The summed E-state index contributed by atoms with van der Waals surface area (Å²) >= 11 is 0. The number of alkyl halides is 3. The number of halogens is 3. The molecule has 3 N–H and O–H groups in total. The van der Waals surface area contributed by atoms with Crippen LogP contribution in [0.4, 0.5) is 30.6 Å². The molecule has 4 aromatic rings. The molecular weight excluding hydrogens is 515 g/mol. The Morgan fingerprint density at radius 1 is 1.03 bits per heavy atom. The fraction of sp³-hybridized carbons (Fsp3) is 0.185. The van der Waals surface area contributed by atoms with Gasteiger partial charge in [0.25, 0.3) is 0 Å². The van der Waals surface area contributed by atoms with Crippen LogP contribution in [-0.4, -0.2) is 27.0 Å². The molecule has 7 nitrogen and oxygen atoms in total. The third-order valence-corrected chi connectivity index (χ3v) is 6.70. The normalized spacial score (nSPS) is 13.0. The van der Waals surface area contributed by atoms with Gasteiger partial charge in [0, 0.05) is 35.1 Å². The highest BCUT2D eigenvalue weighted by Crippen LogP contribution is 2.31. The first kappa shape index (κ1) is 26.9. The zero-order valence-corrected chi connectivity index (χ0v) is 21.5. The topological polar surface area (TPSA) is 100.0 Å². The van der Waals surface area contributed by atoms with E-state index in [9.17, 15) is 17.4 Å². The Labute approximate surface area is 219 Å². The van der Waals surface area contributed by atoms with E-state index in [-0.39, 0.29) is 12.5 Å². The Kier molecular flexibility index (Phi) is 7.86. The van der Waals surface area contributed by atoms with Crippen molar-refractivity contribution in [3.05, 3.63) is 90.1 Å². The fourth-order valence-corrected chi connectivity index (χ4v) is 4.32. The first-order chi connectivity index (χ1) is 18.0. The van der Waals surface area contributed by atoms with Gasteiger partial charge in [-0.3, -0.25) is 0 Å². The number of hydrogen-bond donors (Lipinski definition) is 3. The molecule has 198 valence electrons. The number of anilines is 3. The van der Waals surface area contributed by atoms with E-state index < -0.39 is 21.5 Å². The Bertz CT molecular complexity index is 1510. The van der Waals surface area contributed by atoms with Crippen molar-refractivity contribution < 1.29 is 22.1 Å². The van der Waals surface area contributed by atoms with Gasteiger partial charge in [-0.1, -0.05) is 30.3 Å². The predicted octanol–water partition coefficient (Wildman–Crippen LogP) is 6.95. The van der Waals surface area contributed by atoms with Crippen molar-refractivity contribution >= 4 is 27.2 Å². The third kappa shape index (κ3) is 6.80. The minimum atomic E-state index is -4.40.